The lowest BCUT2D eigenvalue weighted by Crippen LogP contribution is -2.40. The van der Waals surface area contributed by atoms with E-state index in [-0.39, 0.29) is 13.0 Å². The van der Waals surface area contributed by atoms with Crippen molar-refractivity contribution < 1.29 is 32.2 Å². The van der Waals surface area contributed by atoms with Crippen molar-refractivity contribution in [1.29, 1.82) is 0 Å². The maximum absolute atomic E-state index is 13.9. The van der Waals surface area contributed by atoms with Crippen LogP contribution in [-0.2, 0) is 19.6 Å². The Labute approximate surface area is 126 Å². The zero-order valence-corrected chi connectivity index (χ0v) is 12.5. The number of aliphatic carboxylic acids is 1. The van der Waals surface area contributed by atoms with Gasteiger partial charge in [-0.3, -0.25) is 4.79 Å². The van der Waals surface area contributed by atoms with Crippen LogP contribution in [0.3, 0.4) is 0 Å². The van der Waals surface area contributed by atoms with E-state index in [9.17, 15) is 22.4 Å². The normalized spacial score (nSPS) is 19.1. The second kappa shape index (κ2) is 6.01. The first-order chi connectivity index (χ1) is 10.3. The fourth-order valence-electron chi connectivity index (χ4n) is 2.34. The molecule has 0 aliphatic carbocycles. The van der Waals surface area contributed by atoms with Crippen molar-refractivity contribution in [3.05, 3.63) is 29.6 Å². The van der Waals surface area contributed by atoms with Gasteiger partial charge in [-0.1, -0.05) is 0 Å². The Kier molecular flexibility index (Phi) is 4.47. The molecule has 0 spiro atoms. The summed E-state index contributed by atoms with van der Waals surface area (Å²) >= 11 is 0. The van der Waals surface area contributed by atoms with E-state index in [1.165, 1.54) is 0 Å². The van der Waals surface area contributed by atoms with E-state index in [0.29, 0.717) is 12.5 Å². The molecule has 1 atom stereocenters. The quantitative estimate of drug-likeness (QED) is 0.821. The Morgan fingerprint density at radius 1 is 1.41 bits per heavy atom. The molecule has 1 aliphatic heterocycles. The summed E-state index contributed by atoms with van der Waals surface area (Å²) in [7, 11) is -3.07. The van der Waals surface area contributed by atoms with Gasteiger partial charge in [-0.2, -0.15) is 4.31 Å². The molecule has 1 heterocycles. The number of methoxy groups -OCH3 is 1. The van der Waals surface area contributed by atoms with Crippen molar-refractivity contribution >= 4 is 22.0 Å². The highest BCUT2D eigenvalue weighted by molar-refractivity contribution is 7.89. The second-order valence-corrected chi connectivity index (χ2v) is 6.64. The van der Waals surface area contributed by atoms with E-state index < -0.39 is 44.3 Å². The molecule has 1 fully saturated rings. The molecule has 0 radical (unpaired) electrons. The summed E-state index contributed by atoms with van der Waals surface area (Å²) < 4.78 is 43.9. The van der Waals surface area contributed by atoms with Gasteiger partial charge in [0.05, 0.1) is 17.6 Å². The maximum Gasteiger partial charge on any atom is 0.340 e. The third-order valence-corrected chi connectivity index (χ3v) is 5.35. The first-order valence-corrected chi connectivity index (χ1v) is 7.85. The highest BCUT2D eigenvalue weighted by Crippen LogP contribution is 2.27. The molecular formula is C13H14FNO6S. The van der Waals surface area contributed by atoms with Crippen LogP contribution in [0.4, 0.5) is 4.39 Å². The number of carboxylic acid groups (broad SMARTS) is 1. The minimum atomic E-state index is -4.14. The molecule has 22 heavy (non-hydrogen) atoms. The third kappa shape index (κ3) is 2.81. The SMILES string of the molecule is COC(=O)c1ccc(S(=O)(=O)N2CCC[C@H]2C(=O)O)cc1F. The molecule has 1 aromatic carbocycles. The molecule has 0 saturated carbocycles. The second-order valence-electron chi connectivity index (χ2n) is 4.75. The standard InChI is InChI=1S/C13H14FNO6S/c1-21-13(18)9-5-4-8(7-10(9)14)22(19,20)15-6-2-3-11(15)12(16)17/h4-5,7,11H,2-3,6H2,1H3,(H,16,17)/t11-/m0/s1. The van der Waals surface area contributed by atoms with Gasteiger partial charge >= 0.3 is 11.9 Å². The van der Waals surface area contributed by atoms with Crippen LogP contribution >= 0.6 is 0 Å². The van der Waals surface area contributed by atoms with E-state index in [0.717, 1.165) is 23.5 Å². The minimum absolute atomic E-state index is 0.0552. The lowest BCUT2D eigenvalue weighted by atomic mass is 10.2. The van der Waals surface area contributed by atoms with Gasteiger partial charge in [-0.25, -0.2) is 17.6 Å². The predicted molar refractivity (Wildman–Crippen MR) is 72.3 cm³/mol. The Bertz CT molecular complexity index is 717. The molecule has 1 aliphatic rings. The minimum Gasteiger partial charge on any atom is -0.480 e. The number of ether oxygens (including phenoxy) is 1. The van der Waals surface area contributed by atoms with Crippen LogP contribution in [0.5, 0.6) is 0 Å². The van der Waals surface area contributed by atoms with Crippen molar-refractivity contribution in [2.24, 2.45) is 0 Å². The molecule has 0 bridgehead atoms. The van der Waals surface area contributed by atoms with Gasteiger partial charge in [0.2, 0.25) is 10.0 Å². The molecule has 0 unspecified atom stereocenters. The number of esters is 1. The maximum atomic E-state index is 13.9. The molecule has 0 amide bonds. The van der Waals surface area contributed by atoms with Crippen molar-refractivity contribution in [2.75, 3.05) is 13.7 Å². The van der Waals surface area contributed by atoms with Crippen molar-refractivity contribution in [2.45, 2.75) is 23.8 Å². The summed E-state index contributed by atoms with van der Waals surface area (Å²) in [4.78, 5) is 22.0. The highest BCUT2D eigenvalue weighted by Gasteiger charge is 2.39. The molecular weight excluding hydrogens is 317 g/mol. The van der Waals surface area contributed by atoms with Crippen LogP contribution in [0.2, 0.25) is 0 Å². The fourth-order valence-corrected chi connectivity index (χ4v) is 4.01. The summed E-state index contributed by atoms with van der Waals surface area (Å²) in [6.07, 6.45) is 0.621. The van der Waals surface area contributed by atoms with Crippen LogP contribution in [0.15, 0.2) is 23.1 Å². The third-order valence-electron chi connectivity index (χ3n) is 3.44. The summed E-state index contributed by atoms with van der Waals surface area (Å²) in [6, 6.07) is 1.59. The van der Waals surface area contributed by atoms with Gasteiger partial charge in [-0.15, -0.1) is 0 Å². The number of carbonyl (C=O) groups excluding carboxylic acids is 1. The Morgan fingerprint density at radius 2 is 2.09 bits per heavy atom. The number of carboxylic acids is 1. The number of carbonyl (C=O) groups is 2. The average Bonchev–Trinajstić information content (AvgIpc) is 2.96. The first kappa shape index (κ1) is 16.4. The summed E-state index contributed by atoms with van der Waals surface area (Å²) in [6.45, 7) is 0.0552. The summed E-state index contributed by atoms with van der Waals surface area (Å²) in [5, 5.41) is 9.06. The molecule has 0 aromatic heterocycles. The number of nitrogens with zero attached hydrogens (tertiary/aromatic N) is 1. The van der Waals surface area contributed by atoms with Crippen molar-refractivity contribution in [3.8, 4) is 0 Å². The smallest absolute Gasteiger partial charge is 0.340 e. The van der Waals surface area contributed by atoms with E-state index in [4.69, 9.17) is 5.11 Å². The average molecular weight is 331 g/mol. The number of hydrogen-bond acceptors (Lipinski definition) is 5. The molecule has 7 nitrogen and oxygen atoms in total. The van der Waals surface area contributed by atoms with E-state index in [1.54, 1.807) is 0 Å². The summed E-state index contributed by atoms with van der Waals surface area (Å²) in [5.41, 5.74) is -0.391. The summed E-state index contributed by atoms with van der Waals surface area (Å²) in [5.74, 6) is -3.21. The van der Waals surface area contributed by atoms with Gasteiger partial charge in [0, 0.05) is 6.54 Å². The zero-order chi connectivity index (χ0) is 16.5. The highest BCUT2D eigenvalue weighted by atomic mass is 32.2. The van der Waals surface area contributed by atoms with Gasteiger partial charge in [-0.05, 0) is 31.0 Å². The van der Waals surface area contributed by atoms with Crippen molar-refractivity contribution in [3.63, 3.8) is 0 Å². The lowest BCUT2D eigenvalue weighted by molar-refractivity contribution is -0.140. The van der Waals surface area contributed by atoms with Crippen LogP contribution < -0.4 is 0 Å². The van der Waals surface area contributed by atoms with E-state index >= 15 is 0 Å². The number of halogens is 1. The van der Waals surface area contributed by atoms with E-state index in [2.05, 4.69) is 4.74 Å². The van der Waals surface area contributed by atoms with Crippen LogP contribution in [0.1, 0.15) is 23.2 Å². The molecule has 9 heteroatoms. The molecule has 1 N–H and O–H groups in total. The number of sulfonamides is 1. The molecule has 2 rings (SSSR count). The van der Waals surface area contributed by atoms with Crippen molar-refractivity contribution in [1.82, 2.24) is 4.31 Å². The predicted octanol–water partition coefficient (Wildman–Crippen LogP) is 0.850. The van der Waals surface area contributed by atoms with Gasteiger partial charge in [0.1, 0.15) is 11.9 Å². The Hall–Kier alpha value is -2.00. The zero-order valence-electron chi connectivity index (χ0n) is 11.7. The number of benzene rings is 1. The van der Waals surface area contributed by atoms with E-state index in [1.807, 2.05) is 0 Å². The van der Waals surface area contributed by atoms with Crippen LogP contribution in [0, 0.1) is 5.82 Å². The number of rotatable bonds is 4. The lowest BCUT2D eigenvalue weighted by Gasteiger charge is -2.21. The van der Waals surface area contributed by atoms with Gasteiger partial charge in [0.25, 0.3) is 0 Å². The first-order valence-electron chi connectivity index (χ1n) is 6.41. The Balaban J connectivity index is 2.40. The van der Waals surface area contributed by atoms with Crippen LogP contribution in [0.25, 0.3) is 0 Å². The van der Waals surface area contributed by atoms with Gasteiger partial charge < -0.3 is 9.84 Å². The molecule has 1 saturated heterocycles. The topological polar surface area (TPSA) is 101 Å². The number of hydrogen-bond donors (Lipinski definition) is 1. The molecule has 1 aromatic rings. The fraction of sp³-hybridized carbons (Fsp3) is 0.385. The van der Waals surface area contributed by atoms with Gasteiger partial charge in [0.15, 0.2) is 0 Å². The molecule has 120 valence electrons. The Morgan fingerprint density at radius 3 is 2.64 bits per heavy atom. The largest absolute Gasteiger partial charge is 0.480 e. The van der Waals surface area contributed by atoms with Crippen LogP contribution in [-0.4, -0.2) is 49.5 Å². The monoisotopic (exact) mass is 331 g/mol.